The maximum atomic E-state index is 13.9. The molecular formula is C19H18F2N6O2. The number of nitrogens with zero attached hydrogens (tertiary/aromatic N) is 6. The number of hydrogen-bond acceptors (Lipinski definition) is 6. The van der Waals surface area contributed by atoms with Crippen molar-refractivity contribution in [1.29, 1.82) is 0 Å². The maximum absolute atomic E-state index is 13.9. The first-order chi connectivity index (χ1) is 14.1. The average molecular weight is 400 g/mol. The molecule has 0 radical (unpaired) electrons. The molecule has 2 aromatic heterocycles. The highest BCUT2D eigenvalue weighted by Crippen LogP contribution is 2.38. The van der Waals surface area contributed by atoms with Gasteiger partial charge in [-0.3, -0.25) is 4.79 Å². The Kier molecular flexibility index (Phi) is 4.33. The highest BCUT2D eigenvalue weighted by Gasteiger charge is 2.30. The highest BCUT2D eigenvalue weighted by molar-refractivity contribution is 5.94. The molecular weight excluding hydrogens is 382 g/mol. The Morgan fingerprint density at radius 3 is 2.69 bits per heavy atom. The molecule has 1 amide bonds. The van der Waals surface area contributed by atoms with E-state index in [0.29, 0.717) is 49.3 Å². The fourth-order valence-electron chi connectivity index (χ4n) is 3.56. The van der Waals surface area contributed by atoms with Gasteiger partial charge in [-0.15, -0.1) is 5.10 Å². The van der Waals surface area contributed by atoms with Gasteiger partial charge in [0.25, 0.3) is 11.8 Å². The van der Waals surface area contributed by atoms with Gasteiger partial charge in [-0.1, -0.05) is 10.4 Å². The number of piperidine rings is 1. The SMILES string of the molecule is O=C(c1cc(F)ccc1F)N1CCC(n2cc(-c3nc(C4CC4)no3)nn2)CC1. The minimum absolute atomic E-state index is 0.0449. The van der Waals surface area contributed by atoms with Gasteiger partial charge < -0.3 is 9.42 Å². The maximum Gasteiger partial charge on any atom is 0.280 e. The number of likely N-dealkylation sites (tertiary alicyclic amines) is 1. The smallest absolute Gasteiger partial charge is 0.280 e. The highest BCUT2D eigenvalue weighted by atomic mass is 19.1. The van der Waals surface area contributed by atoms with Crippen molar-refractivity contribution in [3.05, 3.63) is 47.4 Å². The molecule has 0 N–H and O–H groups in total. The second-order valence-electron chi connectivity index (χ2n) is 7.46. The predicted octanol–water partition coefficient (Wildman–Crippen LogP) is 2.96. The van der Waals surface area contributed by atoms with Crippen LogP contribution in [0.5, 0.6) is 0 Å². The molecule has 1 aromatic carbocycles. The second-order valence-corrected chi connectivity index (χ2v) is 7.46. The number of hydrogen-bond donors (Lipinski definition) is 0. The van der Waals surface area contributed by atoms with Crippen molar-refractivity contribution in [2.75, 3.05) is 13.1 Å². The molecule has 3 aromatic rings. The minimum atomic E-state index is -0.718. The number of rotatable bonds is 4. The van der Waals surface area contributed by atoms with Crippen LogP contribution in [-0.2, 0) is 0 Å². The molecule has 0 unspecified atom stereocenters. The predicted molar refractivity (Wildman–Crippen MR) is 95.8 cm³/mol. The molecule has 1 aliphatic carbocycles. The molecule has 10 heteroatoms. The normalized spacial score (nSPS) is 17.7. The van der Waals surface area contributed by atoms with Gasteiger partial charge in [0.15, 0.2) is 11.5 Å². The number of amides is 1. The lowest BCUT2D eigenvalue weighted by Gasteiger charge is -2.32. The molecule has 5 rings (SSSR count). The van der Waals surface area contributed by atoms with Gasteiger partial charge >= 0.3 is 0 Å². The summed E-state index contributed by atoms with van der Waals surface area (Å²) in [5.41, 5.74) is 0.277. The largest absolute Gasteiger partial charge is 0.338 e. The molecule has 2 aliphatic rings. The Morgan fingerprint density at radius 1 is 1.14 bits per heavy atom. The van der Waals surface area contributed by atoms with Gasteiger partial charge in [-0.25, -0.2) is 13.5 Å². The van der Waals surface area contributed by atoms with E-state index in [1.165, 1.54) is 4.90 Å². The van der Waals surface area contributed by atoms with Crippen LogP contribution in [0.4, 0.5) is 8.78 Å². The third-order valence-electron chi connectivity index (χ3n) is 5.40. The lowest BCUT2D eigenvalue weighted by Crippen LogP contribution is -2.39. The number of aromatic nitrogens is 5. The molecule has 2 fully saturated rings. The van der Waals surface area contributed by atoms with Crippen LogP contribution in [-0.4, -0.2) is 49.0 Å². The van der Waals surface area contributed by atoms with Crippen LogP contribution < -0.4 is 0 Å². The fourth-order valence-corrected chi connectivity index (χ4v) is 3.56. The van der Waals surface area contributed by atoms with Gasteiger partial charge in [0.05, 0.1) is 17.8 Å². The van der Waals surface area contributed by atoms with Crippen molar-refractivity contribution in [2.24, 2.45) is 0 Å². The van der Waals surface area contributed by atoms with Crippen LogP contribution in [0.15, 0.2) is 28.9 Å². The van der Waals surface area contributed by atoms with Crippen LogP contribution in [0.2, 0.25) is 0 Å². The van der Waals surface area contributed by atoms with Gasteiger partial charge in [0.1, 0.15) is 11.6 Å². The Balaban J connectivity index is 1.24. The van der Waals surface area contributed by atoms with E-state index in [2.05, 4.69) is 20.5 Å². The van der Waals surface area contributed by atoms with Crippen molar-refractivity contribution >= 4 is 5.91 Å². The molecule has 0 spiro atoms. The van der Waals surface area contributed by atoms with Gasteiger partial charge in [-0.05, 0) is 43.9 Å². The second kappa shape index (κ2) is 7.02. The van der Waals surface area contributed by atoms with E-state index < -0.39 is 17.5 Å². The molecule has 0 atom stereocenters. The summed E-state index contributed by atoms with van der Waals surface area (Å²) in [6, 6.07) is 2.95. The lowest BCUT2D eigenvalue weighted by atomic mass is 10.0. The summed E-state index contributed by atoms with van der Waals surface area (Å²) in [6.07, 6.45) is 5.19. The van der Waals surface area contributed by atoms with Crippen molar-refractivity contribution in [1.82, 2.24) is 30.0 Å². The zero-order valence-electron chi connectivity index (χ0n) is 15.5. The molecule has 29 heavy (non-hydrogen) atoms. The molecule has 1 saturated heterocycles. The fraction of sp³-hybridized carbons (Fsp3) is 0.421. The Hall–Kier alpha value is -3.17. The van der Waals surface area contributed by atoms with Gasteiger partial charge in [0.2, 0.25) is 0 Å². The molecule has 8 nitrogen and oxygen atoms in total. The topological polar surface area (TPSA) is 89.9 Å². The third-order valence-corrected chi connectivity index (χ3v) is 5.40. The van der Waals surface area contributed by atoms with Gasteiger partial charge in [-0.2, -0.15) is 4.98 Å². The molecule has 1 aliphatic heterocycles. The first-order valence-electron chi connectivity index (χ1n) is 9.58. The van der Waals surface area contributed by atoms with Crippen molar-refractivity contribution < 1.29 is 18.1 Å². The van der Waals surface area contributed by atoms with Crippen LogP contribution >= 0.6 is 0 Å². The van der Waals surface area contributed by atoms with Crippen LogP contribution in [0.1, 0.15) is 53.8 Å². The Bertz CT molecular complexity index is 1050. The minimum Gasteiger partial charge on any atom is -0.338 e. The van der Waals surface area contributed by atoms with Crippen molar-refractivity contribution in [2.45, 2.75) is 37.6 Å². The van der Waals surface area contributed by atoms with Crippen LogP contribution in [0.3, 0.4) is 0 Å². The first-order valence-corrected chi connectivity index (χ1v) is 9.58. The number of benzene rings is 1. The first kappa shape index (κ1) is 17.9. The van der Waals surface area contributed by atoms with E-state index >= 15 is 0 Å². The summed E-state index contributed by atoms with van der Waals surface area (Å²) >= 11 is 0. The van der Waals surface area contributed by atoms with E-state index in [-0.39, 0.29) is 11.6 Å². The van der Waals surface area contributed by atoms with E-state index in [4.69, 9.17) is 4.52 Å². The molecule has 3 heterocycles. The molecule has 0 bridgehead atoms. The van der Waals surface area contributed by atoms with Crippen LogP contribution in [0, 0.1) is 11.6 Å². The van der Waals surface area contributed by atoms with E-state index in [9.17, 15) is 13.6 Å². The summed E-state index contributed by atoms with van der Waals surface area (Å²) < 4.78 is 34.3. The van der Waals surface area contributed by atoms with E-state index in [1.54, 1.807) is 10.9 Å². The summed E-state index contributed by atoms with van der Waals surface area (Å²) in [5.74, 6) is -0.390. The zero-order valence-corrected chi connectivity index (χ0v) is 15.5. The summed E-state index contributed by atoms with van der Waals surface area (Å²) in [4.78, 5) is 18.4. The van der Waals surface area contributed by atoms with Crippen molar-refractivity contribution in [3.8, 4) is 11.6 Å². The third kappa shape index (κ3) is 3.50. The number of carbonyl (C=O) groups is 1. The number of carbonyl (C=O) groups excluding carboxylic acids is 1. The van der Waals surface area contributed by atoms with Gasteiger partial charge in [0, 0.05) is 19.0 Å². The van der Waals surface area contributed by atoms with Crippen LogP contribution in [0.25, 0.3) is 11.6 Å². The zero-order chi connectivity index (χ0) is 20.0. The quantitative estimate of drug-likeness (QED) is 0.669. The monoisotopic (exact) mass is 400 g/mol. The van der Waals surface area contributed by atoms with E-state index in [0.717, 1.165) is 31.0 Å². The molecule has 1 saturated carbocycles. The van der Waals surface area contributed by atoms with Crippen molar-refractivity contribution in [3.63, 3.8) is 0 Å². The average Bonchev–Trinajstić information content (AvgIpc) is 3.26. The van der Waals surface area contributed by atoms with E-state index in [1.807, 2.05) is 0 Å². The Morgan fingerprint density at radius 2 is 1.93 bits per heavy atom. The molecule has 150 valence electrons. The Labute approximate surface area is 164 Å². The number of halogens is 2. The summed E-state index contributed by atoms with van der Waals surface area (Å²) in [6.45, 7) is 0.835. The summed E-state index contributed by atoms with van der Waals surface area (Å²) in [5, 5.41) is 12.3. The standard InChI is InChI=1S/C19H18F2N6O2/c20-12-3-4-15(21)14(9-12)19(28)26-7-5-13(6-8-26)27-10-16(23-25-27)18-22-17(24-29-18)11-1-2-11/h3-4,9-11,13H,1-2,5-8H2. The lowest BCUT2D eigenvalue weighted by molar-refractivity contribution is 0.0684. The summed E-state index contributed by atoms with van der Waals surface area (Å²) in [7, 11) is 0.